The van der Waals surface area contributed by atoms with Gasteiger partial charge in [0.25, 0.3) is 0 Å². The van der Waals surface area contributed by atoms with E-state index in [1.54, 1.807) is 0 Å². The molecule has 0 aliphatic carbocycles. The van der Waals surface area contributed by atoms with Crippen molar-refractivity contribution in [3.05, 3.63) is 30.3 Å². The van der Waals surface area contributed by atoms with Crippen molar-refractivity contribution in [2.24, 2.45) is 0 Å². The van der Waals surface area contributed by atoms with Crippen LogP contribution in [0.3, 0.4) is 0 Å². The molecular weight excluding hydrogens is 425 g/mol. The zero-order valence-corrected chi connectivity index (χ0v) is 17.6. The Balaban J connectivity index is 0.000000388. The van der Waals surface area contributed by atoms with E-state index in [4.69, 9.17) is 5.11 Å². The molecule has 0 spiro atoms. The third kappa shape index (κ3) is 15.6. The second-order valence-electron chi connectivity index (χ2n) is 4.75. The van der Waals surface area contributed by atoms with Crippen molar-refractivity contribution in [3.8, 4) is 0 Å². The summed E-state index contributed by atoms with van der Waals surface area (Å²) in [6.45, 7) is 2.20. The molecule has 0 aliphatic rings. The van der Waals surface area contributed by atoms with Gasteiger partial charge in [-0.25, -0.2) is 0 Å². The molecule has 0 heterocycles. The summed E-state index contributed by atoms with van der Waals surface area (Å²) in [6, 6.07) is 10.6. The van der Waals surface area contributed by atoms with Crippen molar-refractivity contribution in [1.29, 1.82) is 0 Å². The Kier molecular flexibility index (Phi) is 13.8. The normalized spacial score (nSPS) is 9.63. The molecule has 0 aliphatic heterocycles. The minimum absolute atomic E-state index is 0.341. The van der Waals surface area contributed by atoms with E-state index in [9.17, 15) is 4.79 Å². The van der Waals surface area contributed by atoms with Crippen LogP contribution in [0.25, 0.3) is 0 Å². The average Bonchev–Trinajstić information content (AvgIpc) is 2.39. The first-order valence-electron chi connectivity index (χ1n) is 7.25. The molecule has 19 heavy (non-hydrogen) atoms. The van der Waals surface area contributed by atoms with Crippen LogP contribution in [0.5, 0.6) is 0 Å². The molecule has 0 saturated carbocycles. The molecule has 0 saturated heterocycles. The number of carboxylic acids is 1. The third-order valence-electron chi connectivity index (χ3n) is 2.84. The third-order valence-corrected chi connectivity index (χ3v) is 4.67. The molecule has 0 fully saturated rings. The first-order valence-corrected chi connectivity index (χ1v) is 10.0. The molecule has 1 aromatic rings. The zero-order chi connectivity index (χ0) is 14.3. The van der Waals surface area contributed by atoms with E-state index in [-0.39, 0.29) is 0 Å². The number of carboxylic acid groups (broad SMARTS) is 1. The predicted molar refractivity (Wildman–Crippen MR) is 76.3 cm³/mol. The summed E-state index contributed by atoms with van der Waals surface area (Å²) < 4.78 is 1.52. The van der Waals surface area contributed by atoms with Crippen molar-refractivity contribution in [2.75, 3.05) is 0 Å². The van der Waals surface area contributed by atoms with Gasteiger partial charge < -0.3 is 5.11 Å². The van der Waals surface area contributed by atoms with Gasteiger partial charge in [0.1, 0.15) is 0 Å². The maximum absolute atomic E-state index is 10.1. The Bertz CT molecular complexity index is 312. The molecule has 3 heteroatoms. The number of benzene rings is 1. The Morgan fingerprint density at radius 2 is 1.53 bits per heavy atom. The molecule has 0 radical (unpaired) electrons. The number of rotatable bonds is 8. The number of hydrogen-bond acceptors (Lipinski definition) is 1. The van der Waals surface area contributed by atoms with Crippen LogP contribution in [-0.4, -0.2) is 11.1 Å². The number of hydrogen-bond donors (Lipinski definition) is 1. The summed E-state index contributed by atoms with van der Waals surface area (Å²) in [5, 5.41) is 8.35. The van der Waals surface area contributed by atoms with Gasteiger partial charge in [-0.15, -0.1) is 0 Å². The van der Waals surface area contributed by atoms with Gasteiger partial charge in [-0.3, -0.25) is 4.79 Å². The van der Waals surface area contributed by atoms with Crippen LogP contribution in [0.4, 0.5) is 0 Å². The Labute approximate surface area is 133 Å². The molecule has 0 amide bonds. The van der Waals surface area contributed by atoms with E-state index in [1.165, 1.54) is 35.2 Å². The molecule has 0 bridgehead atoms. The SMILES string of the molecule is CCCCCCCCCC(=O)O.[Hg][c]1ccccc1. The molecular formula is C16H25HgO2. The molecule has 1 N–H and O–H groups in total. The molecule has 0 aromatic heterocycles. The van der Waals surface area contributed by atoms with Crippen LogP contribution >= 0.6 is 0 Å². The second kappa shape index (κ2) is 14.0. The average molecular weight is 450 g/mol. The van der Waals surface area contributed by atoms with Crippen LogP contribution in [0.2, 0.25) is 0 Å². The van der Waals surface area contributed by atoms with Gasteiger partial charge in [-0.1, -0.05) is 45.4 Å². The fourth-order valence-corrected chi connectivity index (χ4v) is 2.77. The van der Waals surface area contributed by atoms with E-state index in [1.807, 2.05) is 0 Å². The van der Waals surface area contributed by atoms with Crippen LogP contribution in [0.15, 0.2) is 30.3 Å². The van der Waals surface area contributed by atoms with Crippen LogP contribution in [-0.2, 0) is 30.9 Å². The van der Waals surface area contributed by atoms with Gasteiger partial charge in [0, 0.05) is 6.42 Å². The first-order chi connectivity index (χ1) is 9.16. The van der Waals surface area contributed by atoms with Crippen molar-refractivity contribution in [2.45, 2.75) is 58.3 Å². The van der Waals surface area contributed by atoms with Crippen molar-refractivity contribution < 1.29 is 36.0 Å². The van der Waals surface area contributed by atoms with Crippen LogP contribution < -0.4 is 3.07 Å². The first kappa shape index (κ1) is 18.6. The summed E-state index contributed by atoms with van der Waals surface area (Å²) in [7, 11) is 0. The van der Waals surface area contributed by atoms with Gasteiger partial charge in [-0.05, 0) is 6.42 Å². The fourth-order valence-electron chi connectivity index (χ4n) is 1.71. The minimum atomic E-state index is -0.663. The van der Waals surface area contributed by atoms with Crippen molar-refractivity contribution >= 4 is 9.04 Å². The van der Waals surface area contributed by atoms with Gasteiger partial charge >= 0.3 is 65.5 Å². The van der Waals surface area contributed by atoms with Gasteiger partial charge in [-0.2, -0.15) is 0 Å². The van der Waals surface area contributed by atoms with E-state index >= 15 is 0 Å². The predicted octanol–water partition coefficient (Wildman–Crippen LogP) is 4.07. The number of carbonyl (C=O) groups is 1. The van der Waals surface area contributed by atoms with E-state index in [0.717, 1.165) is 39.0 Å². The summed E-state index contributed by atoms with van der Waals surface area (Å²) in [6.07, 6.45) is 8.64. The maximum atomic E-state index is 10.1. The number of aliphatic carboxylic acids is 1. The summed E-state index contributed by atoms with van der Waals surface area (Å²) in [4.78, 5) is 10.1. The topological polar surface area (TPSA) is 37.3 Å². The molecule has 103 valence electrons. The Hall–Kier alpha value is -0.375. The summed E-state index contributed by atoms with van der Waals surface area (Å²) >= 11 is 0.810. The quantitative estimate of drug-likeness (QED) is 0.480. The molecule has 1 aromatic carbocycles. The molecule has 2 nitrogen and oxygen atoms in total. The molecule has 0 atom stereocenters. The van der Waals surface area contributed by atoms with Gasteiger partial charge in [0.15, 0.2) is 0 Å². The van der Waals surface area contributed by atoms with E-state index in [2.05, 4.69) is 37.3 Å². The van der Waals surface area contributed by atoms with E-state index in [0.29, 0.717) is 6.42 Å². The standard InChI is InChI=1S/C10H20O2.C6H5.Hg/c1-2-3-4-5-6-7-8-9-10(11)12;1-2-4-6-5-3-1;/h2-9H2,1H3,(H,11,12);1-5H;. The zero-order valence-electron chi connectivity index (χ0n) is 12.1. The monoisotopic (exact) mass is 451 g/mol. The van der Waals surface area contributed by atoms with Gasteiger partial charge in [0.05, 0.1) is 0 Å². The van der Waals surface area contributed by atoms with E-state index < -0.39 is 5.97 Å². The molecule has 1 rings (SSSR count). The number of unbranched alkanes of at least 4 members (excludes halogenated alkanes) is 6. The van der Waals surface area contributed by atoms with Gasteiger partial charge in [0.2, 0.25) is 0 Å². The Morgan fingerprint density at radius 1 is 1.00 bits per heavy atom. The van der Waals surface area contributed by atoms with Crippen LogP contribution in [0, 0.1) is 0 Å². The Morgan fingerprint density at radius 3 is 1.95 bits per heavy atom. The molecule has 0 unspecified atom stereocenters. The summed E-state index contributed by atoms with van der Waals surface area (Å²) in [5.74, 6) is -0.663. The summed E-state index contributed by atoms with van der Waals surface area (Å²) in [5.41, 5.74) is 0. The second-order valence-corrected chi connectivity index (χ2v) is 7.92. The van der Waals surface area contributed by atoms with Crippen LogP contribution in [0.1, 0.15) is 58.3 Å². The van der Waals surface area contributed by atoms with Crippen molar-refractivity contribution in [3.63, 3.8) is 0 Å². The van der Waals surface area contributed by atoms with Crippen molar-refractivity contribution in [1.82, 2.24) is 0 Å². The fraction of sp³-hybridized carbons (Fsp3) is 0.562.